The van der Waals surface area contributed by atoms with Crippen molar-refractivity contribution in [1.29, 1.82) is 0 Å². The normalized spacial score (nSPS) is 14.9. The number of ether oxygens (including phenoxy) is 1. The summed E-state index contributed by atoms with van der Waals surface area (Å²) >= 11 is 0. The number of amides is 1. The van der Waals surface area contributed by atoms with Crippen molar-refractivity contribution in [2.75, 3.05) is 26.3 Å². The van der Waals surface area contributed by atoms with Gasteiger partial charge in [0.25, 0.3) is 5.91 Å². The lowest BCUT2D eigenvalue weighted by atomic mass is 10.1. The number of hydrogen-bond donors (Lipinski definition) is 2. The van der Waals surface area contributed by atoms with Crippen molar-refractivity contribution in [3.05, 3.63) is 77.1 Å². The fourth-order valence-electron chi connectivity index (χ4n) is 3.61. The predicted molar refractivity (Wildman–Crippen MR) is 114 cm³/mol. The van der Waals surface area contributed by atoms with E-state index >= 15 is 0 Å². The molecule has 0 unspecified atom stereocenters. The zero-order chi connectivity index (χ0) is 23.4. The largest absolute Gasteiger partial charge is 0.504 e. The number of aromatic hydroxyl groups is 1. The van der Waals surface area contributed by atoms with Crippen LogP contribution in [0.15, 0.2) is 54.7 Å². The van der Waals surface area contributed by atoms with Crippen LogP contribution in [0.4, 0.5) is 13.2 Å². The first-order valence-electron chi connectivity index (χ1n) is 10.4. The number of nitrogens with zero attached hydrogens (tertiary/aromatic N) is 3. The van der Waals surface area contributed by atoms with Gasteiger partial charge in [0.05, 0.1) is 30.7 Å². The van der Waals surface area contributed by atoms with Gasteiger partial charge in [0, 0.05) is 26.2 Å². The Morgan fingerprint density at radius 3 is 2.42 bits per heavy atom. The number of carbonyl (C=O) groups is 1. The van der Waals surface area contributed by atoms with Gasteiger partial charge in [-0.25, -0.2) is 4.68 Å². The number of rotatable bonds is 6. The SMILES string of the molecule is O=C(NCc1ccc(CN2CCOCC2)cc1)c1nn(-c2ccccc2C(F)(F)F)cc1O. The van der Waals surface area contributed by atoms with E-state index in [-0.39, 0.29) is 17.9 Å². The summed E-state index contributed by atoms with van der Waals surface area (Å²) in [5.41, 5.74) is 0.435. The van der Waals surface area contributed by atoms with Gasteiger partial charge in [-0.05, 0) is 23.3 Å². The molecule has 174 valence electrons. The Hall–Kier alpha value is -3.37. The van der Waals surface area contributed by atoms with Crippen LogP contribution in [-0.4, -0.2) is 52.0 Å². The van der Waals surface area contributed by atoms with Gasteiger partial charge in [0.2, 0.25) is 0 Å². The molecule has 3 aromatic rings. The standard InChI is InChI=1S/C23H23F3N4O3/c24-23(25,26)18-3-1-2-4-19(18)30-15-20(31)21(28-30)22(32)27-13-16-5-7-17(8-6-16)14-29-9-11-33-12-10-29/h1-8,15,31H,9-14H2,(H,27,32). The van der Waals surface area contributed by atoms with Crippen molar-refractivity contribution in [3.63, 3.8) is 0 Å². The second-order valence-electron chi connectivity index (χ2n) is 7.71. The lowest BCUT2D eigenvalue weighted by molar-refractivity contribution is -0.137. The number of alkyl halides is 3. The highest BCUT2D eigenvalue weighted by Crippen LogP contribution is 2.34. The summed E-state index contributed by atoms with van der Waals surface area (Å²) in [5.74, 6) is -1.20. The Bertz CT molecular complexity index is 1110. The molecule has 1 amide bonds. The molecule has 0 bridgehead atoms. The Kier molecular flexibility index (Phi) is 6.66. The topological polar surface area (TPSA) is 79.6 Å². The smallest absolute Gasteiger partial charge is 0.418 e. The molecule has 2 N–H and O–H groups in total. The van der Waals surface area contributed by atoms with Crippen LogP contribution in [0.1, 0.15) is 27.2 Å². The quantitative estimate of drug-likeness (QED) is 0.590. The molecule has 1 aromatic heterocycles. The third-order valence-corrected chi connectivity index (χ3v) is 5.35. The molecule has 1 aliphatic heterocycles. The Labute approximate surface area is 188 Å². The number of aromatic nitrogens is 2. The number of carbonyl (C=O) groups excluding carboxylic acids is 1. The number of morpholine rings is 1. The van der Waals surface area contributed by atoms with E-state index in [0.29, 0.717) is 0 Å². The van der Waals surface area contributed by atoms with Crippen molar-refractivity contribution in [3.8, 4) is 11.4 Å². The highest BCUT2D eigenvalue weighted by Gasteiger charge is 2.34. The monoisotopic (exact) mass is 460 g/mol. The molecule has 10 heteroatoms. The first-order chi connectivity index (χ1) is 15.8. The minimum atomic E-state index is -4.60. The van der Waals surface area contributed by atoms with E-state index in [4.69, 9.17) is 4.74 Å². The van der Waals surface area contributed by atoms with Crippen molar-refractivity contribution in [2.45, 2.75) is 19.3 Å². The van der Waals surface area contributed by atoms with Gasteiger partial charge >= 0.3 is 6.18 Å². The van der Waals surface area contributed by atoms with Crippen LogP contribution < -0.4 is 5.32 Å². The van der Waals surface area contributed by atoms with Crippen molar-refractivity contribution in [2.24, 2.45) is 0 Å². The third kappa shape index (κ3) is 5.52. The summed E-state index contributed by atoms with van der Waals surface area (Å²) in [6, 6.07) is 12.6. The zero-order valence-corrected chi connectivity index (χ0v) is 17.7. The van der Waals surface area contributed by atoms with Gasteiger partial charge in [-0.2, -0.15) is 18.3 Å². The van der Waals surface area contributed by atoms with E-state index in [1.807, 2.05) is 24.3 Å². The minimum Gasteiger partial charge on any atom is -0.504 e. The summed E-state index contributed by atoms with van der Waals surface area (Å²) in [5, 5.41) is 16.6. The predicted octanol–water partition coefficient (Wildman–Crippen LogP) is 3.36. The van der Waals surface area contributed by atoms with E-state index in [0.717, 1.165) is 60.9 Å². The summed E-state index contributed by atoms with van der Waals surface area (Å²) in [4.78, 5) is 14.8. The van der Waals surface area contributed by atoms with Crippen molar-refractivity contribution >= 4 is 5.91 Å². The lowest BCUT2D eigenvalue weighted by Crippen LogP contribution is -2.35. The summed E-state index contributed by atoms with van der Waals surface area (Å²) in [6.45, 7) is 4.24. The number of halogens is 3. The molecule has 1 saturated heterocycles. The number of para-hydroxylation sites is 1. The van der Waals surface area contributed by atoms with E-state index in [2.05, 4.69) is 15.3 Å². The van der Waals surface area contributed by atoms with Gasteiger partial charge in [0.15, 0.2) is 11.4 Å². The van der Waals surface area contributed by atoms with Crippen LogP contribution in [0.5, 0.6) is 5.75 Å². The molecule has 0 atom stereocenters. The van der Waals surface area contributed by atoms with Gasteiger partial charge in [-0.3, -0.25) is 9.69 Å². The van der Waals surface area contributed by atoms with Crippen LogP contribution in [-0.2, 0) is 24.0 Å². The maximum atomic E-state index is 13.3. The third-order valence-electron chi connectivity index (χ3n) is 5.35. The first-order valence-corrected chi connectivity index (χ1v) is 10.4. The minimum absolute atomic E-state index is 0.183. The van der Waals surface area contributed by atoms with Crippen LogP contribution in [0.2, 0.25) is 0 Å². The average molecular weight is 460 g/mol. The maximum Gasteiger partial charge on any atom is 0.418 e. The average Bonchev–Trinajstić information content (AvgIpc) is 3.20. The second kappa shape index (κ2) is 9.63. The number of hydrogen-bond acceptors (Lipinski definition) is 5. The highest BCUT2D eigenvalue weighted by molar-refractivity contribution is 5.94. The Morgan fingerprint density at radius 2 is 1.73 bits per heavy atom. The van der Waals surface area contributed by atoms with E-state index in [9.17, 15) is 23.1 Å². The summed E-state index contributed by atoms with van der Waals surface area (Å²) in [7, 11) is 0. The molecule has 0 radical (unpaired) electrons. The van der Waals surface area contributed by atoms with Crippen LogP contribution in [0.25, 0.3) is 5.69 Å². The number of nitrogens with one attached hydrogen (secondary N) is 1. The highest BCUT2D eigenvalue weighted by atomic mass is 19.4. The molecule has 2 aromatic carbocycles. The molecule has 7 nitrogen and oxygen atoms in total. The summed E-state index contributed by atoms with van der Waals surface area (Å²) < 4.78 is 46.0. The molecule has 33 heavy (non-hydrogen) atoms. The van der Waals surface area contributed by atoms with Crippen LogP contribution >= 0.6 is 0 Å². The lowest BCUT2D eigenvalue weighted by Gasteiger charge is -2.26. The molecule has 0 spiro atoms. The van der Waals surface area contributed by atoms with Crippen LogP contribution in [0.3, 0.4) is 0 Å². The fraction of sp³-hybridized carbons (Fsp3) is 0.304. The molecule has 2 heterocycles. The Morgan fingerprint density at radius 1 is 1.06 bits per heavy atom. The molecule has 1 fully saturated rings. The second-order valence-corrected chi connectivity index (χ2v) is 7.71. The van der Waals surface area contributed by atoms with Crippen LogP contribution in [0, 0.1) is 0 Å². The fourth-order valence-corrected chi connectivity index (χ4v) is 3.61. The molecule has 4 rings (SSSR count). The van der Waals surface area contributed by atoms with Crippen molar-refractivity contribution < 1.29 is 27.8 Å². The van der Waals surface area contributed by atoms with Gasteiger partial charge in [-0.15, -0.1) is 0 Å². The van der Waals surface area contributed by atoms with E-state index in [1.165, 1.54) is 18.2 Å². The maximum absolute atomic E-state index is 13.3. The molecular formula is C23H23F3N4O3. The summed E-state index contributed by atoms with van der Waals surface area (Å²) in [6.07, 6.45) is -3.62. The first kappa shape index (κ1) is 22.8. The molecule has 1 aliphatic rings. The molecule has 0 saturated carbocycles. The molecular weight excluding hydrogens is 437 g/mol. The van der Waals surface area contributed by atoms with Gasteiger partial charge < -0.3 is 15.2 Å². The van der Waals surface area contributed by atoms with Gasteiger partial charge in [-0.1, -0.05) is 36.4 Å². The van der Waals surface area contributed by atoms with E-state index in [1.54, 1.807) is 0 Å². The van der Waals surface area contributed by atoms with Gasteiger partial charge in [0.1, 0.15) is 0 Å². The van der Waals surface area contributed by atoms with Crippen molar-refractivity contribution in [1.82, 2.24) is 20.0 Å². The molecule has 0 aliphatic carbocycles. The number of benzene rings is 2. The van der Waals surface area contributed by atoms with E-state index < -0.39 is 23.4 Å². The zero-order valence-electron chi connectivity index (χ0n) is 17.7. The Balaban J connectivity index is 1.40.